The van der Waals surface area contributed by atoms with Crippen molar-refractivity contribution in [3.8, 4) is 10.6 Å². The smallest absolute Gasteiger partial charge is 0.123 e. The lowest BCUT2D eigenvalue weighted by Crippen LogP contribution is -2.15. The molecule has 0 aliphatic rings. The molecule has 0 fully saturated rings. The average Bonchev–Trinajstić information content (AvgIpc) is 2.76. The van der Waals surface area contributed by atoms with Crippen LogP contribution in [0.3, 0.4) is 0 Å². The number of aromatic nitrogens is 1. The first-order valence-corrected chi connectivity index (χ1v) is 7.90. The highest BCUT2D eigenvalue weighted by atomic mass is 79.9. The summed E-state index contributed by atoms with van der Waals surface area (Å²) in [6, 6.07) is 6.35. The zero-order valence-corrected chi connectivity index (χ0v) is 14.2. The van der Waals surface area contributed by atoms with Gasteiger partial charge in [-0.25, -0.2) is 4.98 Å². The number of hydrogen-bond acceptors (Lipinski definition) is 3. The minimum absolute atomic E-state index is 0.0331. The van der Waals surface area contributed by atoms with E-state index >= 15 is 0 Å². The molecule has 2 nitrogen and oxygen atoms in total. The lowest BCUT2D eigenvalue weighted by molar-refractivity contribution is 0.567. The number of benzene rings is 1. The molecule has 2 N–H and O–H groups in total. The molecule has 0 amide bonds. The summed E-state index contributed by atoms with van der Waals surface area (Å²) in [5.41, 5.74) is 9.38. The molecule has 0 unspecified atom stereocenters. The maximum atomic E-state index is 5.85. The van der Waals surface area contributed by atoms with Gasteiger partial charge in [-0.05, 0) is 18.6 Å². The van der Waals surface area contributed by atoms with Crippen molar-refractivity contribution in [1.82, 2.24) is 4.98 Å². The molecule has 102 valence electrons. The van der Waals surface area contributed by atoms with Crippen LogP contribution in [0, 0.1) is 6.92 Å². The summed E-state index contributed by atoms with van der Waals surface area (Å²) in [5.74, 6) is 0. The van der Waals surface area contributed by atoms with Gasteiger partial charge in [0.05, 0.1) is 5.69 Å². The molecule has 2 rings (SSSR count). The van der Waals surface area contributed by atoms with Gasteiger partial charge in [-0.15, -0.1) is 11.3 Å². The zero-order valence-electron chi connectivity index (χ0n) is 11.7. The highest BCUT2D eigenvalue weighted by molar-refractivity contribution is 9.10. The molecule has 1 aromatic carbocycles. The van der Waals surface area contributed by atoms with Crippen molar-refractivity contribution in [2.24, 2.45) is 5.73 Å². The molecular formula is C15H19BrN2S. The third-order valence-corrected chi connectivity index (χ3v) is 4.99. The second kappa shape index (κ2) is 5.35. The maximum absolute atomic E-state index is 5.85. The second-order valence-electron chi connectivity index (χ2n) is 5.71. The Labute approximate surface area is 127 Å². The van der Waals surface area contributed by atoms with E-state index in [0.717, 1.165) is 20.7 Å². The van der Waals surface area contributed by atoms with Crippen molar-refractivity contribution in [2.45, 2.75) is 39.7 Å². The largest absolute Gasteiger partial charge is 0.326 e. The topological polar surface area (TPSA) is 38.9 Å². The van der Waals surface area contributed by atoms with Crippen LogP contribution in [0.2, 0.25) is 0 Å². The van der Waals surface area contributed by atoms with E-state index in [1.54, 1.807) is 11.3 Å². The van der Waals surface area contributed by atoms with Crippen LogP contribution in [0.1, 0.15) is 36.9 Å². The monoisotopic (exact) mass is 338 g/mol. The van der Waals surface area contributed by atoms with Gasteiger partial charge < -0.3 is 5.73 Å². The van der Waals surface area contributed by atoms with E-state index in [1.807, 2.05) is 0 Å². The third-order valence-electron chi connectivity index (χ3n) is 3.01. The van der Waals surface area contributed by atoms with Gasteiger partial charge in [0.1, 0.15) is 5.01 Å². The van der Waals surface area contributed by atoms with Crippen LogP contribution in [0.5, 0.6) is 0 Å². The predicted molar refractivity (Wildman–Crippen MR) is 86.6 cm³/mol. The van der Waals surface area contributed by atoms with Gasteiger partial charge in [-0.1, -0.05) is 48.8 Å². The lowest BCUT2D eigenvalue weighted by atomic mass is 9.91. The van der Waals surface area contributed by atoms with Gasteiger partial charge in [-0.2, -0.15) is 0 Å². The molecule has 1 aromatic heterocycles. The molecule has 4 heteroatoms. The Morgan fingerprint density at radius 1 is 1.32 bits per heavy atom. The average molecular weight is 339 g/mol. The fourth-order valence-electron chi connectivity index (χ4n) is 1.93. The summed E-state index contributed by atoms with van der Waals surface area (Å²) < 4.78 is 1.12. The molecule has 0 aliphatic carbocycles. The Hall–Kier alpha value is -0.710. The number of hydrogen-bond donors (Lipinski definition) is 1. The van der Waals surface area contributed by atoms with E-state index < -0.39 is 0 Å². The number of halogens is 1. The van der Waals surface area contributed by atoms with Crippen LogP contribution in [0.15, 0.2) is 22.7 Å². The standard InChI is InChI=1S/C15H19BrN2S/c1-9-5-6-10(7-11(9)16)14-18-13(15(2,3)4)12(8-17)19-14/h5-7H,8,17H2,1-4H3. The Bertz CT molecular complexity index is 597. The summed E-state index contributed by atoms with van der Waals surface area (Å²) >= 11 is 5.27. The van der Waals surface area contributed by atoms with Crippen molar-refractivity contribution in [2.75, 3.05) is 0 Å². The first-order valence-electron chi connectivity index (χ1n) is 6.29. The van der Waals surface area contributed by atoms with E-state index in [0.29, 0.717) is 6.54 Å². The van der Waals surface area contributed by atoms with Gasteiger partial charge in [-0.3, -0.25) is 0 Å². The molecule has 0 atom stereocenters. The Morgan fingerprint density at radius 2 is 2.00 bits per heavy atom. The molecule has 19 heavy (non-hydrogen) atoms. The number of aryl methyl sites for hydroxylation is 1. The van der Waals surface area contributed by atoms with E-state index in [4.69, 9.17) is 10.7 Å². The van der Waals surface area contributed by atoms with Gasteiger partial charge in [0.2, 0.25) is 0 Å². The quantitative estimate of drug-likeness (QED) is 0.866. The summed E-state index contributed by atoms with van der Waals surface area (Å²) in [6.45, 7) is 9.17. The molecule has 0 spiro atoms. The molecule has 0 saturated carbocycles. The van der Waals surface area contributed by atoms with Crippen LogP contribution in [0.4, 0.5) is 0 Å². The van der Waals surface area contributed by atoms with E-state index in [9.17, 15) is 0 Å². The van der Waals surface area contributed by atoms with Crippen LogP contribution in [0.25, 0.3) is 10.6 Å². The minimum atomic E-state index is 0.0331. The molecule has 0 saturated heterocycles. The fourth-order valence-corrected chi connectivity index (χ4v) is 3.45. The molecule has 0 bridgehead atoms. The predicted octanol–water partition coefficient (Wildman–Crippen LogP) is 4.64. The Kier molecular flexibility index (Phi) is 4.14. The highest BCUT2D eigenvalue weighted by Gasteiger charge is 2.23. The number of nitrogens with two attached hydrogens (primary N) is 1. The molecule has 1 heterocycles. The van der Waals surface area contributed by atoms with Gasteiger partial charge >= 0.3 is 0 Å². The number of rotatable bonds is 2. The zero-order chi connectivity index (χ0) is 14.2. The van der Waals surface area contributed by atoms with E-state index in [1.165, 1.54) is 10.4 Å². The Morgan fingerprint density at radius 3 is 2.47 bits per heavy atom. The first kappa shape index (κ1) is 14.7. The third kappa shape index (κ3) is 3.07. The van der Waals surface area contributed by atoms with E-state index in [-0.39, 0.29) is 5.41 Å². The molecular weight excluding hydrogens is 320 g/mol. The lowest BCUT2D eigenvalue weighted by Gasteiger charge is -2.16. The van der Waals surface area contributed by atoms with Gasteiger partial charge in [0.25, 0.3) is 0 Å². The highest BCUT2D eigenvalue weighted by Crippen LogP contribution is 2.35. The van der Waals surface area contributed by atoms with Gasteiger partial charge in [0, 0.05) is 26.9 Å². The summed E-state index contributed by atoms with van der Waals surface area (Å²) in [7, 11) is 0. The first-order chi connectivity index (χ1) is 8.82. The molecule has 0 aliphatic heterocycles. The number of nitrogens with zero attached hydrogens (tertiary/aromatic N) is 1. The van der Waals surface area contributed by atoms with Crippen molar-refractivity contribution < 1.29 is 0 Å². The fraction of sp³-hybridized carbons (Fsp3) is 0.400. The van der Waals surface area contributed by atoms with Crippen LogP contribution < -0.4 is 5.73 Å². The summed E-state index contributed by atoms with van der Waals surface area (Å²) in [5, 5.41) is 1.05. The van der Waals surface area contributed by atoms with E-state index in [2.05, 4.69) is 61.8 Å². The Balaban J connectivity index is 2.51. The van der Waals surface area contributed by atoms with Crippen LogP contribution in [-0.4, -0.2) is 4.98 Å². The SMILES string of the molecule is Cc1ccc(-c2nc(C(C)(C)C)c(CN)s2)cc1Br. The van der Waals surface area contributed by atoms with Crippen molar-refractivity contribution in [1.29, 1.82) is 0 Å². The van der Waals surface area contributed by atoms with Crippen molar-refractivity contribution in [3.63, 3.8) is 0 Å². The maximum Gasteiger partial charge on any atom is 0.123 e. The van der Waals surface area contributed by atoms with Crippen LogP contribution >= 0.6 is 27.3 Å². The minimum Gasteiger partial charge on any atom is -0.326 e. The molecule has 0 radical (unpaired) electrons. The van der Waals surface area contributed by atoms with Gasteiger partial charge in [0.15, 0.2) is 0 Å². The summed E-state index contributed by atoms with van der Waals surface area (Å²) in [6.07, 6.45) is 0. The summed E-state index contributed by atoms with van der Waals surface area (Å²) in [4.78, 5) is 5.99. The van der Waals surface area contributed by atoms with Crippen molar-refractivity contribution in [3.05, 3.63) is 38.8 Å². The van der Waals surface area contributed by atoms with Crippen LogP contribution in [-0.2, 0) is 12.0 Å². The normalized spacial score (nSPS) is 11.9. The van der Waals surface area contributed by atoms with Crippen molar-refractivity contribution >= 4 is 27.3 Å². The number of thiazole rings is 1. The molecule has 2 aromatic rings. The second-order valence-corrected chi connectivity index (χ2v) is 7.65.